The second-order valence-corrected chi connectivity index (χ2v) is 6.80. The Bertz CT molecular complexity index is 961. The first-order valence-corrected chi connectivity index (χ1v) is 9.59. The van der Waals surface area contributed by atoms with Crippen LogP contribution in [0.1, 0.15) is 35.5 Å². The number of esters is 2. The summed E-state index contributed by atoms with van der Waals surface area (Å²) in [4.78, 5) is 37.2. The van der Waals surface area contributed by atoms with Crippen LogP contribution in [-0.2, 0) is 25.5 Å². The van der Waals surface area contributed by atoms with Crippen molar-refractivity contribution in [2.75, 3.05) is 13.2 Å². The van der Waals surface area contributed by atoms with Crippen LogP contribution in [0.4, 0.5) is 4.79 Å². The van der Waals surface area contributed by atoms with Crippen molar-refractivity contribution in [3.8, 4) is 0 Å². The van der Waals surface area contributed by atoms with Gasteiger partial charge in [0.05, 0.1) is 36.0 Å². The zero-order valence-corrected chi connectivity index (χ0v) is 17.1. The van der Waals surface area contributed by atoms with Crippen LogP contribution >= 0.6 is 0 Å². The number of nitrogens with zero attached hydrogens (tertiary/aromatic N) is 1. The number of carbonyl (C=O) groups excluding carboxylic acids is 3. The summed E-state index contributed by atoms with van der Waals surface area (Å²) in [6.07, 6.45) is 0.0322. The first-order valence-electron chi connectivity index (χ1n) is 9.59. The maximum Gasteiger partial charge on any atom is 0.338 e. The van der Waals surface area contributed by atoms with Crippen LogP contribution in [0.15, 0.2) is 41.6 Å². The van der Waals surface area contributed by atoms with E-state index < -0.39 is 24.0 Å². The molecule has 1 aromatic carbocycles. The lowest BCUT2D eigenvalue weighted by Crippen LogP contribution is -2.47. The topological polar surface area (TPSA) is 122 Å². The van der Waals surface area contributed by atoms with E-state index in [1.807, 2.05) is 25.1 Å². The average molecular weight is 412 g/mol. The molecular formula is C21H24N4O5. The summed E-state index contributed by atoms with van der Waals surface area (Å²) in [6, 6.07) is 7.83. The van der Waals surface area contributed by atoms with E-state index in [0.29, 0.717) is 5.56 Å². The molecule has 158 valence electrons. The van der Waals surface area contributed by atoms with Crippen LogP contribution < -0.4 is 10.6 Å². The van der Waals surface area contributed by atoms with Crippen molar-refractivity contribution in [1.29, 1.82) is 0 Å². The average Bonchev–Trinajstić information content (AvgIpc) is 3.04. The van der Waals surface area contributed by atoms with E-state index in [1.165, 1.54) is 0 Å². The fourth-order valence-corrected chi connectivity index (χ4v) is 3.26. The zero-order valence-electron chi connectivity index (χ0n) is 17.1. The predicted molar refractivity (Wildman–Crippen MR) is 107 cm³/mol. The van der Waals surface area contributed by atoms with Crippen molar-refractivity contribution in [3.63, 3.8) is 0 Å². The number of aromatic amines is 1. The number of aromatic nitrogens is 2. The number of nitrogens with one attached hydrogen (secondary N) is 3. The summed E-state index contributed by atoms with van der Waals surface area (Å²) >= 11 is 0. The van der Waals surface area contributed by atoms with E-state index in [1.54, 1.807) is 26.0 Å². The molecule has 2 aromatic rings. The van der Waals surface area contributed by atoms with Crippen LogP contribution in [-0.4, -0.2) is 41.4 Å². The zero-order chi connectivity index (χ0) is 21.7. The Kier molecular flexibility index (Phi) is 6.51. The lowest BCUT2D eigenvalue weighted by Gasteiger charge is -2.29. The highest BCUT2D eigenvalue weighted by Gasteiger charge is 2.34. The van der Waals surface area contributed by atoms with Crippen LogP contribution in [0.25, 0.3) is 0 Å². The van der Waals surface area contributed by atoms with Gasteiger partial charge in [-0.1, -0.05) is 30.3 Å². The Morgan fingerprint density at radius 2 is 1.87 bits per heavy atom. The summed E-state index contributed by atoms with van der Waals surface area (Å²) in [5.74, 6) is -1.09. The molecule has 1 atom stereocenters. The molecule has 0 saturated carbocycles. The lowest BCUT2D eigenvalue weighted by molar-refractivity contribution is -0.143. The molecule has 9 nitrogen and oxygen atoms in total. The largest absolute Gasteiger partial charge is 0.463 e. The van der Waals surface area contributed by atoms with Gasteiger partial charge in [-0.15, -0.1) is 0 Å². The monoisotopic (exact) mass is 412 g/mol. The molecule has 9 heteroatoms. The minimum Gasteiger partial charge on any atom is -0.463 e. The first kappa shape index (κ1) is 21.1. The van der Waals surface area contributed by atoms with Crippen molar-refractivity contribution in [1.82, 2.24) is 20.8 Å². The molecule has 0 radical (unpaired) electrons. The standard InChI is InChI=1S/C21H24N4O5/c1-4-29-20(27)18-16(11-30-17(26)10-15-12(2)24-25-13(15)3)22-21(28)23-19(18)14-8-6-5-7-9-14/h5-9,19H,4,10-11H2,1-3H3,(H,24,25)(H2,22,23,28)/t19-/m1/s1. The quantitative estimate of drug-likeness (QED) is 0.598. The van der Waals surface area contributed by atoms with E-state index in [2.05, 4.69) is 20.8 Å². The van der Waals surface area contributed by atoms with E-state index in [-0.39, 0.29) is 30.9 Å². The summed E-state index contributed by atoms with van der Waals surface area (Å²) in [7, 11) is 0. The number of carbonyl (C=O) groups is 3. The molecule has 0 saturated heterocycles. The Balaban J connectivity index is 1.84. The highest BCUT2D eigenvalue weighted by molar-refractivity contribution is 5.95. The number of urea groups is 1. The van der Waals surface area contributed by atoms with Gasteiger partial charge in [-0.25, -0.2) is 9.59 Å². The van der Waals surface area contributed by atoms with E-state index >= 15 is 0 Å². The molecule has 1 aliphatic rings. The highest BCUT2D eigenvalue weighted by Crippen LogP contribution is 2.27. The number of hydrogen-bond acceptors (Lipinski definition) is 6. The number of hydrogen-bond donors (Lipinski definition) is 3. The molecule has 0 spiro atoms. The normalized spacial score (nSPS) is 16.0. The minimum atomic E-state index is -0.717. The first-order chi connectivity index (χ1) is 14.4. The molecule has 3 N–H and O–H groups in total. The van der Waals surface area contributed by atoms with Gasteiger partial charge in [-0.3, -0.25) is 9.89 Å². The van der Waals surface area contributed by atoms with Crippen molar-refractivity contribution < 1.29 is 23.9 Å². The fourth-order valence-electron chi connectivity index (χ4n) is 3.26. The summed E-state index contributed by atoms with van der Waals surface area (Å²) in [5.41, 5.74) is 3.37. The number of benzene rings is 1. The number of amides is 2. The molecule has 30 heavy (non-hydrogen) atoms. The second kappa shape index (κ2) is 9.25. The number of ether oxygens (including phenoxy) is 2. The molecular weight excluding hydrogens is 388 g/mol. The highest BCUT2D eigenvalue weighted by atomic mass is 16.5. The maximum atomic E-state index is 12.7. The van der Waals surface area contributed by atoms with Crippen molar-refractivity contribution in [3.05, 3.63) is 64.1 Å². The van der Waals surface area contributed by atoms with Gasteiger partial charge in [-0.2, -0.15) is 5.10 Å². The molecule has 1 aromatic heterocycles. The fraction of sp³-hybridized carbons (Fsp3) is 0.333. The Hall–Kier alpha value is -3.62. The number of H-pyrrole nitrogens is 1. The summed E-state index contributed by atoms with van der Waals surface area (Å²) in [6.45, 7) is 5.22. The third-order valence-corrected chi connectivity index (χ3v) is 4.76. The van der Waals surface area contributed by atoms with Crippen molar-refractivity contribution in [2.45, 2.75) is 33.2 Å². The van der Waals surface area contributed by atoms with Gasteiger partial charge in [0, 0.05) is 11.3 Å². The van der Waals surface area contributed by atoms with Gasteiger partial charge in [-0.05, 0) is 26.3 Å². The van der Waals surface area contributed by atoms with Gasteiger partial charge in [0.1, 0.15) is 6.61 Å². The van der Waals surface area contributed by atoms with Crippen LogP contribution in [0.5, 0.6) is 0 Å². The van der Waals surface area contributed by atoms with Gasteiger partial charge in [0.15, 0.2) is 0 Å². The Morgan fingerprint density at radius 3 is 2.50 bits per heavy atom. The smallest absolute Gasteiger partial charge is 0.338 e. The molecule has 1 aliphatic heterocycles. The molecule has 0 unspecified atom stereocenters. The molecule has 0 aliphatic carbocycles. The maximum absolute atomic E-state index is 12.7. The predicted octanol–water partition coefficient (Wildman–Crippen LogP) is 1.98. The molecule has 2 heterocycles. The summed E-state index contributed by atoms with van der Waals surface area (Å²) < 4.78 is 10.5. The number of rotatable bonds is 7. The third-order valence-electron chi connectivity index (χ3n) is 4.76. The van der Waals surface area contributed by atoms with Crippen molar-refractivity contribution in [2.24, 2.45) is 0 Å². The van der Waals surface area contributed by atoms with Gasteiger partial charge in [0.25, 0.3) is 0 Å². The van der Waals surface area contributed by atoms with E-state index in [9.17, 15) is 14.4 Å². The lowest BCUT2D eigenvalue weighted by atomic mass is 9.95. The van der Waals surface area contributed by atoms with Crippen LogP contribution in [0.3, 0.4) is 0 Å². The molecule has 2 amide bonds. The van der Waals surface area contributed by atoms with Gasteiger partial charge >= 0.3 is 18.0 Å². The van der Waals surface area contributed by atoms with Gasteiger partial charge < -0.3 is 20.1 Å². The Labute approximate surface area is 173 Å². The van der Waals surface area contributed by atoms with E-state index in [0.717, 1.165) is 17.0 Å². The van der Waals surface area contributed by atoms with E-state index in [4.69, 9.17) is 9.47 Å². The van der Waals surface area contributed by atoms with Crippen LogP contribution in [0, 0.1) is 13.8 Å². The summed E-state index contributed by atoms with van der Waals surface area (Å²) in [5, 5.41) is 12.2. The molecule has 3 rings (SSSR count). The van der Waals surface area contributed by atoms with Crippen LogP contribution in [0.2, 0.25) is 0 Å². The second-order valence-electron chi connectivity index (χ2n) is 6.80. The molecule has 0 fully saturated rings. The number of aryl methyl sites for hydroxylation is 2. The molecule has 0 bridgehead atoms. The van der Waals surface area contributed by atoms with Gasteiger partial charge in [0.2, 0.25) is 0 Å². The minimum absolute atomic E-state index is 0.0322. The Morgan fingerprint density at radius 1 is 1.13 bits per heavy atom. The SMILES string of the molecule is CCOC(=O)C1=C(COC(=O)Cc2c(C)n[nH]c2C)NC(=O)N[C@@H]1c1ccccc1. The van der Waals surface area contributed by atoms with Crippen molar-refractivity contribution >= 4 is 18.0 Å². The third kappa shape index (κ3) is 4.68.